The second-order valence-electron chi connectivity index (χ2n) is 5.53. The maximum absolute atomic E-state index is 9.72. The minimum absolute atomic E-state index is 0.194. The van der Waals surface area contributed by atoms with E-state index in [2.05, 4.69) is 12.2 Å². The number of nitrogens with one attached hydrogen (secondary N) is 1. The molecule has 0 spiro atoms. The number of phenolic OH excluding ortho intramolecular Hbond substituents is 1. The van der Waals surface area contributed by atoms with Gasteiger partial charge < -0.3 is 19.9 Å². The van der Waals surface area contributed by atoms with Crippen molar-refractivity contribution < 1.29 is 14.6 Å². The molecule has 0 aromatic heterocycles. The largest absolute Gasteiger partial charge is 0.504 e. The van der Waals surface area contributed by atoms with Crippen molar-refractivity contribution in [1.29, 1.82) is 0 Å². The Bertz CT molecular complexity index is 414. The number of hydrogen-bond donors (Lipinski definition) is 2. The van der Waals surface area contributed by atoms with Crippen LogP contribution >= 0.6 is 0 Å². The first-order valence-corrected chi connectivity index (χ1v) is 6.77. The van der Waals surface area contributed by atoms with Crippen molar-refractivity contribution in [3.63, 3.8) is 0 Å². The molecule has 1 aliphatic rings. The number of methoxy groups -OCH3 is 1. The van der Waals surface area contributed by atoms with Gasteiger partial charge in [-0.1, -0.05) is 13.0 Å². The number of benzene rings is 1. The van der Waals surface area contributed by atoms with Crippen molar-refractivity contribution in [3.8, 4) is 11.5 Å². The van der Waals surface area contributed by atoms with Crippen molar-refractivity contribution >= 4 is 0 Å². The first-order chi connectivity index (χ1) is 9.13. The van der Waals surface area contributed by atoms with Crippen molar-refractivity contribution in [2.24, 2.45) is 5.41 Å². The monoisotopic (exact) mass is 265 g/mol. The molecule has 2 N–H and O–H groups in total. The third kappa shape index (κ3) is 3.85. The number of ether oxygens (including phenoxy) is 2. The Morgan fingerprint density at radius 2 is 2.11 bits per heavy atom. The minimum atomic E-state index is 0.194. The second kappa shape index (κ2) is 6.26. The van der Waals surface area contributed by atoms with Gasteiger partial charge in [0, 0.05) is 26.3 Å². The average Bonchev–Trinajstić information content (AvgIpc) is 2.39. The van der Waals surface area contributed by atoms with Crippen LogP contribution in [0.5, 0.6) is 11.5 Å². The molecule has 0 bridgehead atoms. The first-order valence-electron chi connectivity index (χ1n) is 6.77. The normalized spacial score (nSPS) is 18.2. The lowest BCUT2D eigenvalue weighted by atomic mass is 9.82. The van der Waals surface area contributed by atoms with Crippen LogP contribution in [0.15, 0.2) is 18.2 Å². The summed E-state index contributed by atoms with van der Waals surface area (Å²) in [5, 5.41) is 13.2. The van der Waals surface area contributed by atoms with Crippen LogP contribution in [0.2, 0.25) is 0 Å². The lowest BCUT2D eigenvalue weighted by molar-refractivity contribution is 0.0240. The Morgan fingerprint density at radius 1 is 1.37 bits per heavy atom. The molecule has 1 fully saturated rings. The molecule has 4 nitrogen and oxygen atoms in total. The molecule has 0 aliphatic carbocycles. The highest BCUT2D eigenvalue weighted by atomic mass is 16.5. The summed E-state index contributed by atoms with van der Waals surface area (Å²) in [6, 6.07) is 5.51. The van der Waals surface area contributed by atoms with E-state index in [-0.39, 0.29) is 5.75 Å². The second-order valence-corrected chi connectivity index (χ2v) is 5.53. The third-order valence-electron chi connectivity index (χ3n) is 3.82. The van der Waals surface area contributed by atoms with E-state index in [0.717, 1.165) is 44.7 Å². The van der Waals surface area contributed by atoms with E-state index in [1.165, 1.54) is 0 Å². The predicted octanol–water partition coefficient (Wildman–Crippen LogP) is 2.31. The lowest BCUT2D eigenvalue weighted by Gasteiger charge is -2.33. The van der Waals surface area contributed by atoms with Gasteiger partial charge in [-0.3, -0.25) is 0 Å². The molecular formula is C15H23NO3. The molecule has 4 heteroatoms. The van der Waals surface area contributed by atoms with E-state index in [9.17, 15) is 5.11 Å². The topological polar surface area (TPSA) is 50.7 Å². The molecule has 1 saturated heterocycles. The lowest BCUT2D eigenvalue weighted by Crippen LogP contribution is -2.36. The van der Waals surface area contributed by atoms with E-state index in [4.69, 9.17) is 9.47 Å². The number of rotatable bonds is 5. The van der Waals surface area contributed by atoms with Crippen LogP contribution in [0.1, 0.15) is 25.3 Å². The number of phenols is 1. The molecule has 0 saturated carbocycles. The minimum Gasteiger partial charge on any atom is -0.504 e. The van der Waals surface area contributed by atoms with E-state index >= 15 is 0 Å². The van der Waals surface area contributed by atoms with Crippen LogP contribution in [0.3, 0.4) is 0 Å². The van der Waals surface area contributed by atoms with Crippen molar-refractivity contribution in [2.75, 3.05) is 26.9 Å². The van der Waals surface area contributed by atoms with Gasteiger partial charge in [-0.05, 0) is 36.0 Å². The van der Waals surface area contributed by atoms with E-state index < -0.39 is 0 Å². The van der Waals surface area contributed by atoms with Gasteiger partial charge in [0.15, 0.2) is 11.5 Å². The SMILES string of the molecule is COc1ccc(CNCC2(C)CCOCC2)cc1O. The number of hydrogen-bond acceptors (Lipinski definition) is 4. The summed E-state index contributed by atoms with van der Waals surface area (Å²) in [6.07, 6.45) is 2.21. The van der Waals surface area contributed by atoms with Gasteiger partial charge in [0.2, 0.25) is 0 Å². The molecule has 1 aromatic rings. The fourth-order valence-electron chi connectivity index (χ4n) is 2.40. The van der Waals surface area contributed by atoms with Gasteiger partial charge in [0.1, 0.15) is 0 Å². The van der Waals surface area contributed by atoms with Crippen LogP contribution in [0.25, 0.3) is 0 Å². The third-order valence-corrected chi connectivity index (χ3v) is 3.82. The van der Waals surface area contributed by atoms with Crippen LogP contribution in [-0.4, -0.2) is 32.0 Å². The molecule has 1 aliphatic heterocycles. The predicted molar refractivity (Wildman–Crippen MR) is 74.5 cm³/mol. The van der Waals surface area contributed by atoms with Crippen LogP contribution in [-0.2, 0) is 11.3 Å². The zero-order valence-corrected chi connectivity index (χ0v) is 11.7. The Labute approximate surface area is 114 Å². The van der Waals surface area contributed by atoms with Crippen molar-refractivity contribution in [3.05, 3.63) is 23.8 Å². The molecule has 106 valence electrons. The van der Waals surface area contributed by atoms with Crippen LogP contribution < -0.4 is 10.1 Å². The van der Waals surface area contributed by atoms with E-state index in [0.29, 0.717) is 11.2 Å². The summed E-state index contributed by atoms with van der Waals surface area (Å²) in [6.45, 7) is 5.76. The highest BCUT2D eigenvalue weighted by Crippen LogP contribution is 2.29. The molecule has 0 radical (unpaired) electrons. The maximum atomic E-state index is 9.72. The van der Waals surface area contributed by atoms with Crippen molar-refractivity contribution in [1.82, 2.24) is 5.32 Å². The smallest absolute Gasteiger partial charge is 0.160 e. The summed E-state index contributed by atoms with van der Waals surface area (Å²) in [5.41, 5.74) is 1.39. The Hall–Kier alpha value is -1.26. The molecule has 0 unspecified atom stereocenters. The van der Waals surface area contributed by atoms with Gasteiger partial charge in [-0.25, -0.2) is 0 Å². The average molecular weight is 265 g/mol. The fourth-order valence-corrected chi connectivity index (χ4v) is 2.40. The molecule has 2 rings (SSSR count). The highest BCUT2D eigenvalue weighted by molar-refractivity contribution is 5.41. The molecule has 1 aromatic carbocycles. The Morgan fingerprint density at radius 3 is 2.74 bits per heavy atom. The summed E-state index contributed by atoms with van der Waals surface area (Å²) in [5.74, 6) is 0.708. The van der Waals surface area contributed by atoms with Gasteiger partial charge in [0.25, 0.3) is 0 Å². The summed E-state index contributed by atoms with van der Waals surface area (Å²) in [4.78, 5) is 0. The Balaban J connectivity index is 1.83. The van der Waals surface area contributed by atoms with Crippen LogP contribution in [0, 0.1) is 5.41 Å². The van der Waals surface area contributed by atoms with Gasteiger partial charge in [0.05, 0.1) is 7.11 Å². The fraction of sp³-hybridized carbons (Fsp3) is 0.600. The maximum Gasteiger partial charge on any atom is 0.160 e. The first kappa shape index (κ1) is 14.2. The molecule has 19 heavy (non-hydrogen) atoms. The van der Waals surface area contributed by atoms with Gasteiger partial charge >= 0.3 is 0 Å². The molecule has 0 amide bonds. The summed E-state index contributed by atoms with van der Waals surface area (Å²) < 4.78 is 10.4. The zero-order valence-electron chi connectivity index (χ0n) is 11.7. The van der Waals surface area contributed by atoms with E-state index in [1.807, 2.05) is 6.07 Å². The standard InChI is InChI=1S/C15H23NO3/c1-15(5-7-19-8-6-15)11-16-10-12-3-4-14(18-2)13(17)9-12/h3-4,9,16-17H,5-8,10-11H2,1-2H3. The zero-order chi connectivity index (χ0) is 13.7. The Kier molecular flexibility index (Phi) is 4.66. The summed E-state index contributed by atoms with van der Waals surface area (Å²) in [7, 11) is 1.55. The van der Waals surface area contributed by atoms with Crippen molar-refractivity contribution in [2.45, 2.75) is 26.3 Å². The highest BCUT2D eigenvalue weighted by Gasteiger charge is 2.26. The molecular weight excluding hydrogens is 242 g/mol. The number of aromatic hydroxyl groups is 1. The van der Waals surface area contributed by atoms with E-state index in [1.54, 1.807) is 19.2 Å². The summed E-state index contributed by atoms with van der Waals surface area (Å²) >= 11 is 0. The molecule has 0 atom stereocenters. The van der Waals surface area contributed by atoms with Crippen LogP contribution in [0.4, 0.5) is 0 Å². The quantitative estimate of drug-likeness (QED) is 0.858. The molecule has 1 heterocycles. The van der Waals surface area contributed by atoms with Gasteiger partial charge in [-0.15, -0.1) is 0 Å². The van der Waals surface area contributed by atoms with Gasteiger partial charge in [-0.2, -0.15) is 0 Å².